The molecule has 1 unspecified atom stereocenters. The fourth-order valence-electron chi connectivity index (χ4n) is 3.71. The summed E-state index contributed by atoms with van der Waals surface area (Å²) in [4.78, 5) is 17.2. The summed E-state index contributed by atoms with van der Waals surface area (Å²) in [5, 5.41) is 7.29. The minimum Gasteiger partial charge on any atom is -0.492 e. The Morgan fingerprint density at radius 2 is 2.08 bits per heavy atom. The molecule has 0 saturated heterocycles. The molecule has 1 aliphatic carbocycles. The maximum atomic E-state index is 12.9. The highest BCUT2D eigenvalue weighted by Crippen LogP contribution is 2.38. The molecule has 1 aliphatic heterocycles. The van der Waals surface area contributed by atoms with E-state index in [-0.39, 0.29) is 11.8 Å². The molecule has 1 saturated carbocycles. The summed E-state index contributed by atoms with van der Waals surface area (Å²) in [7, 11) is 0. The van der Waals surface area contributed by atoms with Gasteiger partial charge in [-0.05, 0) is 30.9 Å². The van der Waals surface area contributed by atoms with E-state index in [2.05, 4.69) is 15.5 Å². The Labute approximate surface area is 140 Å². The SMILES string of the molecule is Cc1nc(C2(NC(=O)C3COc4ccccc4C3)CCCC2)no1. The second-order valence-corrected chi connectivity index (χ2v) is 6.74. The predicted molar refractivity (Wildman–Crippen MR) is 86.5 cm³/mol. The maximum Gasteiger partial charge on any atom is 0.227 e. The second-order valence-electron chi connectivity index (χ2n) is 6.74. The lowest BCUT2D eigenvalue weighted by molar-refractivity contribution is -0.128. The molecule has 2 aliphatic rings. The number of benzene rings is 1. The van der Waals surface area contributed by atoms with Gasteiger partial charge in [-0.2, -0.15) is 4.98 Å². The number of aromatic nitrogens is 2. The number of nitrogens with zero attached hydrogens (tertiary/aromatic N) is 2. The van der Waals surface area contributed by atoms with Gasteiger partial charge in [0.2, 0.25) is 11.8 Å². The number of para-hydroxylation sites is 1. The van der Waals surface area contributed by atoms with Crippen molar-refractivity contribution < 1.29 is 14.1 Å². The molecule has 6 heteroatoms. The maximum absolute atomic E-state index is 12.9. The first-order chi connectivity index (χ1) is 11.7. The third kappa shape index (κ3) is 2.66. The summed E-state index contributed by atoms with van der Waals surface area (Å²) in [5.41, 5.74) is 0.589. The molecule has 0 spiro atoms. The van der Waals surface area contributed by atoms with Crippen LogP contribution >= 0.6 is 0 Å². The van der Waals surface area contributed by atoms with Crippen molar-refractivity contribution in [1.29, 1.82) is 0 Å². The predicted octanol–water partition coefficient (Wildman–Crippen LogP) is 2.51. The zero-order chi connectivity index (χ0) is 16.6. The third-order valence-electron chi connectivity index (χ3n) is 5.02. The number of aryl methyl sites for hydroxylation is 1. The van der Waals surface area contributed by atoms with E-state index in [1.54, 1.807) is 6.92 Å². The number of rotatable bonds is 3. The van der Waals surface area contributed by atoms with Gasteiger partial charge >= 0.3 is 0 Å². The molecule has 1 fully saturated rings. The van der Waals surface area contributed by atoms with E-state index in [4.69, 9.17) is 9.26 Å². The van der Waals surface area contributed by atoms with Crippen LogP contribution in [-0.2, 0) is 16.8 Å². The highest BCUT2D eigenvalue weighted by atomic mass is 16.5. The van der Waals surface area contributed by atoms with Crippen LogP contribution in [-0.4, -0.2) is 22.7 Å². The van der Waals surface area contributed by atoms with E-state index < -0.39 is 5.54 Å². The van der Waals surface area contributed by atoms with Gasteiger partial charge in [0, 0.05) is 6.92 Å². The largest absolute Gasteiger partial charge is 0.492 e. The van der Waals surface area contributed by atoms with Crippen molar-refractivity contribution in [1.82, 2.24) is 15.5 Å². The molecule has 1 atom stereocenters. The highest BCUT2D eigenvalue weighted by molar-refractivity contribution is 5.80. The number of hydrogen-bond donors (Lipinski definition) is 1. The summed E-state index contributed by atoms with van der Waals surface area (Å²) in [5.74, 6) is 1.83. The summed E-state index contributed by atoms with van der Waals surface area (Å²) < 4.78 is 10.9. The average molecular weight is 327 g/mol. The molecule has 4 rings (SSSR count). The van der Waals surface area contributed by atoms with Gasteiger partial charge in [-0.3, -0.25) is 4.79 Å². The Kier molecular flexibility index (Phi) is 3.75. The Morgan fingerprint density at radius 1 is 1.29 bits per heavy atom. The molecule has 6 nitrogen and oxygen atoms in total. The lowest BCUT2D eigenvalue weighted by Gasteiger charge is -2.31. The van der Waals surface area contributed by atoms with Gasteiger partial charge in [-0.25, -0.2) is 0 Å². The summed E-state index contributed by atoms with van der Waals surface area (Å²) in [6, 6.07) is 7.89. The number of ether oxygens (including phenoxy) is 1. The highest BCUT2D eigenvalue weighted by Gasteiger charge is 2.42. The molecular formula is C18H21N3O3. The second kappa shape index (κ2) is 5.92. The van der Waals surface area contributed by atoms with Crippen LogP contribution in [0.25, 0.3) is 0 Å². The van der Waals surface area contributed by atoms with Crippen LogP contribution in [0.4, 0.5) is 0 Å². The molecule has 2 heterocycles. The van der Waals surface area contributed by atoms with E-state index in [9.17, 15) is 4.79 Å². The van der Waals surface area contributed by atoms with Crippen molar-refractivity contribution in [2.24, 2.45) is 5.92 Å². The Balaban J connectivity index is 1.52. The van der Waals surface area contributed by atoms with Gasteiger partial charge in [0.25, 0.3) is 0 Å². The van der Waals surface area contributed by atoms with Gasteiger partial charge in [-0.15, -0.1) is 0 Å². The Hall–Kier alpha value is -2.37. The number of carbonyl (C=O) groups is 1. The molecule has 1 amide bonds. The van der Waals surface area contributed by atoms with Gasteiger partial charge in [0.15, 0.2) is 5.82 Å². The van der Waals surface area contributed by atoms with E-state index in [0.29, 0.717) is 24.7 Å². The fraction of sp³-hybridized carbons (Fsp3) is 0.500. The van der Waals surface area contributed by atoms with Crippen molar-refractivity contribution in [2.75, 3.05) is 6.61 Å². The van der Waals surface area contributed by atoms with Crippen molar-refractivity contribution >= 4 is 5.91 Å². The van der Waals surface area contributed by atoms with Crippen LogP contribution in [0.2, 0.25) is 0 Å². The van der Waals surface area contributed by atoms with Gasteiger partial charge in [0.05, 0.1) is 5.92 Å². The Morgan fingerprint density at radius 3 is 2.83 bits per heavy atom. The lowest BCUT2D eigenvalue weighted by Crippen LogP contribution is -2.49. The fourth-order valence-corrected chi connectivity index (χ4v) is 3.71. The van der Waals surface area contributed by atoms with Crippen LogP contribution in [0.5, 0.6) is 5.75 Å². The summed E-state index contributed by atoms with van der Waals surface area (Å²) >= 11 is 0. The van der Waals surface area contributed by atoms with Crippen LogP contribution in [0.15, 0.2) is 28.8 Å². The minimum absolute atomic E-state index is 0.00820. The molecule has 1 aromatic carbocycles. The number of nitrogens with one attached hydrogen (secondary N) is 1. The van der Waals surface area contributed by atoms with Crippen molar-refractivity contribution in [3.8, 4) is 5.75 Å². The first-order valence-corrected chi connectivity index (χ1v) is 8.50. The van der Waals surface area contributed by atoms with Gasteiger partial charge in [-0.1, -0.05) is 36.2 Å². The third-order valence-corrected chi connectivity index (χ3v) is 5.02. The molecule has 24 heavy (non-hydrogen) atoms. The van der Waals surface area contributed by atoms with Crippen molar-refractivity contribution in [3.05, 3.63) is 41.5 Å². The zero-order valence-corrected chi connectivity index (χ0v) is 13.7. The number of carbonyl (C=O) groups excluding carboxylic acids is 1. The molecule has 0 radical (unpaired) electrons. The molecule has 1 N–H and O–H groups in total. The quantitative estimate of drug-likeness (QED) is 0.937. The molecule has 2 aromatic rings. The van der Waals surface area contributed by atoms with Crippen LogP contribution in [0.3, 0.4) is 0 Å². The minimum atomic E-state index is -0.494. The lowest BCUT2D eigenvalue weighted by atomic mass is 9.92. The smallest absolute Gasteiger partial charge is 0.227 e. The van der Waals surface area contributed by atoms with Crippen LogP contribution in [0.1, 0.15) is 43.0 Å². The van der Waals surface area contributed by atoms with E-state index in [1.165, 1.54) is 0 Å². The van der Waals surface area contributed by atoms with Crippen molar-refractivity contribution in [3.63, 3.8) is 0 Å². The first-order valence-electron chi connectivity index (χ1n) is 8.50. The number of amides is 1. The van der Waals surface area contributed by atoms with Crippen molar-refractivity contribution in [2.45, 2.75) is 44.6 Å². The molecule has 1 aromatic heterocycles. The van der Waals surface area contributed by atoms with Crippen LogP contribution < -0.4 is 10.1 Å². The van der Waals surface area contributed by atoms with E-state index >= 15 is 0 Å². The zero-order valence-electron chi connectivity index (χ0n) is 13.7. The molecular weight excluding hydrogens is 306 g/mol. The van der Waals surface area contributed by atoms with E-state index in [0.717, 1.165) is 37.0 Å². The van der Waals surface area contributed by atoms with Gasteiger partial charge in [0.1, 0.15) is 17.9 Å². The standard InChI is InChI=1S/C18H21N3O3/c1-12-19-17(21-24-12)18(8-4-5-9-18)20-16(22)14-10-13-6-2-3-7-15(13)23-11-14/h2-3,6-7,14H,4-5,8-11H2,1H3,(H,20,22). The summed E-state index contributed by atoms with van der Waals surface area (Å²) in [6.45, 7) is 2.18. The van der Waals surface area contributed by atoms with E-state index in [1.807, 2.05) is 24.3 Å². The topological polar surface area (TPSA) is 77.2 Å². The Bertz CT molecular complexity index is 749. The normalized spacial score (nSPS) is 21.8. The molecule has 0 bridgehead atoms. The number of fused-ring (bicyclic) bond motifs is 1. The first kappa shape index (κ1) is 15.2. The molecule has 126 valence electrons. The monoisotopic (exact) mass is 327 g/mol. The average Bonchev–Trinajstić information content (AvgIpc) is 3.24. The van der Waals surface area contributed by atoms with Crippen LogP contribution in [0, 0.1) is 12.8 Å². The number of hydrogen-bond acceptors (Lipinski definition) is 5. The van der Waals surface area contributed by atoms with Gasteiger partial charge < -0.3 is 14.6 Å². The summed E-state index contributed by atoms with van der Waals surface area (Å²) in [6.07, 6.45) is 4.50.